The summed E-state index contributed by atoms with van der Waals surface area (Å²) in [7, 11) is 1.42. The third-order valence-electron chi connectivity index (χ3n) is 2.41. The Morgan fingerprint density at radius 2 is 1.80 bits per heavy atom. The van der Waals surface area contributed by atoms with Crippen molar-refractivity contribution in [2.24, 2.45) is 5.92 Å². The van der Waals surface area contributed by atoms with Gasteiger partial charge in [-0.05, 0) is 37.1 Å². The van der Waals surface area contributed by atoms with Crippen LogP contribution in [0.2, 0.25) is 0 Å². The maximum absolute atomic E-state index is 11.9. The molecule has 1 amide bonds. The van der Waals surface area contributed by atoms with Crippen LogP contribution in [0.4, 0.5) is 0 Å². The van der Waals surface area contributed by atoms with Gasteiger partial charge in [-0.1, -0.05) is 25.8 Å². The highest BCUT2D eigenvalue weighted by molar-refractivity contribution is 5.81. The summed E-state index contributed by atoms with van der Waals surface area (Å²) >= 11 is 0. The zero-order valence-electron chi connectivity index (χ0n) is 12.6. The van der Waals surface area contributed by atoms with E-state index in [0.717, 1.165) is 11.1 Å². The predicted octanol–water partition coefficient (Wildman–Crippen LogP) is 2.39. The third kappa shape index (κ3) is 5.33. The van der Waals surface area contributed by atoms with E-state index in [2.05, 4.69) is 17.3 Å². The van der Waals surface area contributed by atoms with Gasteiger partial charge in [0.2, 0.25) is 0 Å². The lowest BCUT2D eigenvalue weighted by molar-refractivity contribution is -0.146. The minimum atomic E-state index is -1.02. The average Bonchev–Trinajstić information content (AvgIpc) is 2.34. The molecule has 1 aromatic rings. The molecule has 0 aromatic heterocycles. The number of rotatable bonds is 4. The summed E-state index contributed by atoms with van der Waals surface area (Å²) in [6.07, 6.45) is -1.02. The fourth-order valence-corrected chi connectivity index (χ4v) is 1.63. The highest BCUT2D eigenvalue weighted by Crippen LogP contribution is 2.17. The number of methoxy groups -OCH3 is 1. The molecule has 20 heavy (non-hydrogen) atoms. The van der Waals surface area contributed by atoms with E-state index in [9.17, 15) is 4.79 Å². The summed E-state index contributed by atoms with van der Waals surface area (Å²) in [4.78, 5) is 11.9. The lowest BCUT2D eigenvalue weighted by Gasteiger charge is -2.16. The summed E-state index contributed by atoms with van der Waals surface area (Å²) in [5.74, 6) is 3.22. The minimum absolute atomic E-state index is 0.191. The normalized spacial score (nSPS) is 11.5. The summed E-state index contributed by atoms with van der Waals surface area (Å²) in [6.45, 7) is 7.82. The van der Waals surface area contributed by atoms with Crippen LogP contribution in [-0.2, 0) is 9.53 Å². The van der Waals surface area contributed by atoms with Crippen LogP contribution < -0.4 is 10.1 Å². The Morgan fingerprint density at radius 1 is 1.20 bits per heavy atom. The molecule has 108 valence electrons. The lowest BCUT2D eigenvalue weighted by Crippen LogP contribution is -2.37. The second-order valence-electron chi connectivity index (χ2n) is 4.92. The molecule has 4 nitrogen and oxygen atoms in total. The topological polar surface area (TPSA) is 47.6 Å². The summed E-state index contributed by atoms with van der Waals surface area (Å²) in [6, 6.07) is 8.34. The van der Waals surface area contributed by atoms with Crippen LogP contribution in [0.15, 0.2) is 18.2 Å². The van der Waals surface area contributed by atoms with Crippen molar-refractivity contribution in [1.82, 2.24) is 5.32 Å². The second-order valence-corrected chi connectivity index (χ2v) is 4.92. The summed E-state index contributed by atoms with van der Waals surface area (Å²) in [5, 5.41) is 2.46. The van der Waals surface area contributed by atoms with Gasteiger partial charge in [0.15, 0.2) is 0 Å². The van der Waals surface area contributed by atoms with Crippen LogP contribution in [-0.4, -0.2) is 19.3 Å². The van der Waals surface area contributed by atoms with Crippen molar-refractivity contribution in [2.75, 3.05) is 7.11 Å². The van der Waals surface area contributed by atoms with Crippen LogP contribution in [0.3, 0.4) is 0 Å². The van der Waals surface area contributed by atoms with Gasteiger partial charge in [-0.2, -0.15) is 0 Å². The van der Waals surface area contributed by atoms with Gasteiger partial charge in [-0.15, -0.1) is 0 Å². The van der Waals surface area contributed by atoms with E-state index in [1.807, 2.05) is 45.9 Å². The zero-order chi connectivity index (χ0) is 15.1. The molecule has 1 unspecified atom stereocenters. The molecule has 1 N–H and O–H groups in total. The molecule has 0 bridgehead atoms. The number of hydrogen-bond acceptors (Lipinski definition) is 3. The van der Waals surface area contributed by atoms with Crippen molar-refractivity contribution in [1.29, 1.82) is 0 Å². The predicted molar refractivity (Wildman–Crippen MR) is 78.1 cm³/mol. The Hall–Kier alpha value is -1.99. The number of carbonyl (C=O) groups is 1. The Morgan fingerprint density at radius 3 is 2.30 bits per heavy atom. The Labute approximate surface area is 120 Å². The average molecular weight is 275 g/mol. The quantitative estimate of drug-likeness (QED) is 0.521. The number of hydrogen-bond donors (Lipinski definition) is 1. The van der Waals surface area contributed by atoms with Crippen molar-refractivity contribution in [2.45, 2.75) is 34.0 Å². The van der Waals surface area contributed by atoms with Crippen LogP contribution in [0.25, 0.3) is 0 Å². The van der Waals surface area contributed by atoms with Crippen molar-refractivity contribution >= 4 is 5.91 Å². The van der Waals surface area contributed by atoms with Gasteiger partial charge in [0.05, 0.1) is 0 Å². The molecule has 0 radical (unpaired) electrons. The summed E-state index contributed by atoms with van der Waals surface area (Å²) < 4.78 is 10.6. The Balaban J connectivity index is 2.72. The van der Waals surface area contributed by atoms with Gasteiger partial charge < -0.3 is 9.47 Å². The van der Waals surface area contributed by atoms with Crippen molar-refractivity contribution in [3.63, 3.8) is 0 Å². The van der Waals surface area contributed by atoms with E-state index in [4.69, 9.17) is 9.47 Å². The highest BCUT2D eigenvalue weighted by atomic mass is 16.7. The van der Waals surface area contributed by atoms with Gasteiger partial charge >= 0.3 is 5.91 Å². The number of ether oxygens (including phenoxy) is 2. The number of aryl methyl sites for hydroxylation is 2. The van der Waals surface area contributed by atoms with Crippen LogP contribution in [0, 0.1) is 31.7 Å². The fraction of sp³-hybridized carbons (Fsp3) is 0.438. The molecule has 0 aliphatic carbocycles. The first-order valence-electron chi connectivity index (χ1n) is 6.50. The Bertz CT molecular complexity index is 506. The van der Waals surface area contributed by atoms with Crippen molar-refractivity contribution in [3.8, 4) is 17.7 Å². The maximum atomic E-state index is 11.9. The molecule has 0 spiro atoms. The Kier molecular flexibility index (Phi) is 6.08. The fourth-order valence-electron chi connectivity index (χ4n) is 1.63. The van der Waals surface area contributed by atoms with Gasteiger partial charge in [0.25, 0.3) is 6.29 Å². The van der Waals surface area contributed by atoms with Gasteiger partial charge in [0, 0.05) is 19.1 Å². The maximum Gasteiger partial charge on any atom is 0.301 e. The van der Waals surface area contributed by atoms with Crippen LogP contribution in [0.1, 0.15) is 25.0 Å². The van der Waals surface area contributed by atoms with Crippen LogP contribution >= 0.6 is 0 Å². The molecule has 1 rings (SSSR count). The van der Waals surface area contributed by atoms with Gasteiger partial charge in [-0.25, -0.2) is 0 Å². The first kappa shape index (κ1) is 16.1. The number of amides is 1. The zero-order valence-corrected chi connectivity index (χ0v) is 12.6. The second kappa shape index (κ2) is 7.56. The number of benzene rings is 1. The van der Waals surface area contributed by atoms with Crippen LogP contribution in [0.5, 0.6) is 5.75 Å². The number of carbonyl (C=O) groups excluding carboxylic acids is 1. The molecule has 4 heteroatoms. The standard InChI is InChI=1S/C16H21NO3/c1-11(2)6-7-17-15(18)16(19-5)20-14-9-12(3)8-13(4)10-14/h8-11,16H,1-5H3,(H,17,18). The monoisotopic (exact) mass is 275 g/mol. The van der Waals surface area contributed by atoms with E-state index in [-0.39, 0.29) is 5.92 Å². The molecule has 0 saturated carbocycles. The van der Waals surface area contributed by atoms with E-state index < -0.39 is 12.2 Å². The molecular formula is C16H21NO3. The van der Waals surface area contributed by atoms with Crippen molar-refractivity contribution < 1.29 is 14.3 Å². The van der Waals surface area contributed by atoms with Crippen molar-refractivity contribution in [3.05, 3.63) is 29.3 Å². The molecule has 0 aliphatic heterocycles. The summed E-state index contributed by atoms with van der Waals surface area (Å²) in [5.41, 5.74) is 2.13. The first-order valence-corrected chi connectivity index (χ1v) is 6.50. The molecule has 1 aromatic carbocycles. The van der Waals surface area contributed by atoms with Gasteiger partial charge in [-0.3, -0.25) is 10.1 Å². The first-order chi connectivity index (χ1) is 9.42. The minimum Gasteiger partial charge on any atom is -0.455 e. The lowest BCUT2D eigenvalue weighted by atomic mass is 10.1. The van der Waals surface area contributed by atoms with Gasteiger partial charge in [0.1, 0.15) is 5.75 Å². The molecule has 1 atom stereocenters. The molecule has 0 heterocycles. The van der Waals surface area contributed by atoms with E-state index >= 15 is 0 Å². The van der Waals surface area contributed by atoms with E-state index in [0.29, 0.717) is 5.75 Å². The molecule has 0 fully saturated rings. The largest absolute Gasteiger partial charge is 0.455 e. The van der Waals surface area contributed by atoms with E-state index in [1.165, 1.54) is 7.11 Å². The number of nitrogens with one attached hydrogen (secondary N) is 1. The molecule has 0 saturated heterocycles. The molecule has 0 aliphatic rings. The SMILES string of the molecule is COC(Oc1cc(C)cc(C)c1)C(=O)NC#CC(C)C. The highest BCUT2D eigenvalue weighted by Gasteiger charge is 2.19. The molecular weight excluding hydrogens is 254 g/mol. The van der Waals surface area contributed by atoms with E-state index in [1.54, 1.807) is 0 Å². The third-order valence-corrected chi connectivity index (χ3v) is 2.41. The smallest absolute Gasteiger partial charge is 0.301 e.